The largest absolute Gasteiger partial charge is 0.464 e. The van der Waals surface area contributed by atoms with Gasteiger partial charge in [-0.1, -0.05) is 37.3 Å². The Morgan fingerprint density at radius 2 is 2.05 bits per heavy atom. The van der Waals surface area contributed by atoms with Crippen molar-refractivity contribution in [3.8, 4) is 0 Å². The van der Waals surface area contributed by atoms with Gasteiger partial charge in [-0.25, -0.2) is 4.79 Å². The van der Waals surface area contributed by atoms with E-state index in [1.54, 1.807) is 11.8 Å². The first-order chi connectivity index (χ1) is 9.10. The number of rotatable bonds is 4. The molecule has 2 rings (SSSR count). The SMILES string of the molecule is CCOC(=O)C1(C)N=C(c2ccccc2)C(CC)S1. The molecule has 1 aromatic rings. The maximum atomic E-state index is 12.1. The second kappa shape index (κ2) is 5.78. The number of hydrogen-bond acceptors (Lipinski definition) is 4. The second-order valence-corrected chi connectivity index (χ2v) is 6.18. The molecule has 2 atom stereocenters. The highest BCUT2D eigenvalue weighted by Gasteiger charge is 2.44. The fraction of sp³-hybridized carbons (Fsp3) is 0.467. The molecular weight excluding hydrogens is 258 g/mol. The molecular formula is C15H19NO2S. The number of carbonyl (C=O) groups is 1. The third kappa shape index (κ3) is 2.84. The van der Waals surface area contributed by atoms with Crippen molar-refractivity contribution >= 4 is 23.4 Å². The van der Waals surface area contributed by atoms with Gasteiger partial charge in [-0.15, -0.1) is 11.8 Å². The van der Waals surface area contributed by atoms with Gasteiger partial charge in [0.2, 0.25) is 4.87 Å². The summed E-state index contributed by atoms with van der Waals surface area (Å²) in [6, 6.07) is 10.1. The third-order valence-corrected chi connectivity index (χ3v) is 4.66. The molecule has 0 aromatic heterocycles. The Hall–Kier alpha value is -1.29. The van der Waals surface area contributed by atoms with Crippen LogP contribution in [-0.2, 0) is 9.53 Å². The zero-order valence-corrected chi connectivity index (χ0v) is 12.4. The van der Waals surface area contributed by atoms with Gasteiger partial charge in [0.15, 0.2) is 0 Å². The number of hydrogen-bond donors (Lipinski definition) is 0. The minimum Gasteiger partial charge on any atom is -0.464 e. The number of ether oxygens (including phenoxy) is 1. The molecule has 0 spiro atoms. The monoisotopic (exact) mass is 277 g/mol. The molecule has 1 aliphatic heterocycles. The van der Waals surface area contributed by atoms with Gasteiger partial charge in [0.05, 0.1) is 12.3 Å². The summed E-state index contributed by atoms with van der Waals surface area (Å²) in [5.41, 5.74) is 2.10. The molecule has 0 amide bonds. The maximum absolute atomic E-state index is 12.1. The first-order valence-corrected chi connectivity index (χ1v) is 7.49. The van der Waals surface area contributed by atoms with Gasteiger partial charge in [0, 0.05) is 5.25 Å². The van der Waals surface area contributed by atoms with Crippen LogP contribution in [0.25, 0.3) is 0 Å². The van der Waals surface area contributed by atoms with Gasteiger partial charge in [-0.2, -0.15) is 0 Å². The van der Waals surface area contributed by atoms with Gasteiger partial charge < -0.3 is 4.74 Å². The molecule has 19 heavy (non-hydrogen) atoms. The van der Waals surface area contributed by atoms with Gasteiger partial charge >= 0.3 is 5.97 Å². The highest BCUT2D eigenvalue weighted by Crippen LogP contribution is 2.41. The summed E-state index contributed by atoms with van der Waals surface area (Å²) >= 11 is 1.59. The van der Waals surface area contributed by atoms with E-state index in [0.717, 1.165) is 17.7 Å². The van der Waals surface area contributed by atoms with Crippen LogP contribution in [0.5, 0.6) is 0 Å². The van der Waals surface area contributed by atoms with Crippen LogP contribution in [0.3, 0.4) is 0 Å². The smallest absolute Gasteiger partial charge is 0.344 e. The quantitative estimate of drug-likeness (QED) is 0.793. The topological polar surface area (TPSA) is 38.7 Å². The Morgan fingerprint density at radius 1 is 1.37 bits per heavy atom. The summed E-state index contributed by atoms with van der Waals surface area (Å²) < 4.78 is 5.14. The van der Waals surface area contributed by atoms with Crippen molar-refractivity contribution in [1.29, 1.82) is 0 Å². The number of carbonyl (C=O) groups excluding carboxylic acids is 1. The van der Waals surface area contributed by atoms with Crippen molar-refractivity contribution in [2.75, 3.05) is 6.61 Å². The summed E-state index contributed by atoms with van der Waals surface area (Å²) in [7, 11) is 0. The first-order valence-electron chi connectivity index (χ1n) is 6.61. The Bertz CT molecular complexity index is 486. The summed E-state index contributed by atoms with van der Waals surface area (Å²) in [5, 5.41) is 0.247. The van der Waals surface area contributed by atoms with Crippen LogP contribution in [0, 0.1) is 0 Å². The Labute approximate surface area is 118 Å². The van der Waals surface area contributed by atoms with E-state index in [2.05, 4.69) is 11.9 Å². The van der Waals surface area contributed by atoms with Crippen molar-refractivity contribution in [2.24, 2.45) is 4.99 Å². The van der Waals surface area contributed by atoms with E-state index in [4.69, 9.17) is 4.74 Å². The molecule has 1 aliphatic rings. The van der Waals surface area contributed by atoms with E-state index in [1.807, 2.05) is 44.2 Å². The van der Waals surface area contributed by atoms with E-state index in [0.29, 0.717) is 6.61 Å². The molecule has 4 heteroatoms. The van der Waals surface area contributed by atoms with Gasteiger partial charge in [0.1, 0.15) is 0 Å². The Balaban J connectivity index is 2.33. The molecule has 1 heterocycles. The zero-order chi connectivity index (χ0) is 13.9. The van der Waals surface area contributed by atoms with Crippen molar-refractivity contribution in [2.45, 2.75) is 37.3 Å². The highest BCUT2D eigenvalue weighted by molar-refractivity contribution is 8.03. The Morgan fingerprint density at radius 3 is 2.63 bits per heavy atom. The molecule has 0 N–H and O–H groups in total. The van der Waals surface area contributed by atoms with Crippen LogP contribution in [0.4, 0.5) is 0 Å². The van der Waals surface area contributed by atoms with Crippen molar-refractivity contribution in [1.82, 2.24) is 0 Å². The van der Waals surface area contributed by atoms with Crippen LogP contribution in [0.1, 0.15) is 32.8 Å². The summed E-state index contributed by atoms with van der Waals surface area (Å²) in [4.78, 5) is 15.9. The number of thioether (sulfide) groups is 1. The number of nitrogens with zero attached hydrogens (tertiary/aromatic N) is 1. The molecule has 0 aliphatic carbocycles. The molecule has 1 aromatic carbocycles. The standard InChI is InChI=1S/C15H19NO2S/c1-4-12-13(11-9-7-6-8-10-11)16-15(3,19-12)14(17)18-5-2/h6-10,12H,4-5H2,1-3H3. The van der Waals surface area contributed by atoms with E-state index < -0.39 is 4.87 Å². The fourth-order valence-electron chi connectivity index (χ4n) is 2.16. The number of benzene rings is 1. The summed E-state index contributed by atoms with van der Waals surface area (Å²) in [5.74, 6) is -0.246. The van der Waals surface area contributed by atoms with Gasteiger partial charge in [-0.3, -0.25) is 4.99 Å². The summed E-state index contributed by atoms with van der Waals surface area (Å²) in [6.07, 6.45) is 0.952. The van der Waals surface area contributed by atoms with Crippen molar-refractivity contribution in [3.05, 3.63) is 35.9 Å². The molecule has 102 valence electrons. The molecule has 2 unspecified atom stereocenters. The average Bonchev–Trinajstić information content (AvgIpc) is 2.79. The molecule has 0 saturated carbocycles. The van der Waals surface area contributed by atoms with Crippen LogP contribution in [0.2, 0.25) is 0 Å². The zero-order valence-electron chi connectivity index (χ0n) is 11.6. The first kappa shape index (κ1) is 14.1. The average molecular weight is 277 g/mol. The Kier molecular flexibility index (Phi) is 4.30. The van der Waals surface area contributed by atoms with Gasteiger partial charge in [0.25, 0.3) is 0 Å². The lowest BCUT2D eigenvalue weighted by Gasteiger charge is -2.18. The van der Waals surface area contributed by atoms with E-state index in [9.17, 15) is 4.79 Å². The lowest BCUT2D eigenvalue weighted by Crippen LogP contribution is -2.30. The van der Waals surface area contributed by atoms with Crippen LogP contribution < -0.4 is 0 Å². The molecule has 0 bridgehead atoms. The third-order valence-electron chi connectivity index (χ3n) is 3.11. The second-order valence-electron chi connectivity index (χ2n) is 4.58. The molecule has 3 nitrogen and oxygen atoms in total. The van der Waals surface area contributed by atoms with E-state index in [-0.39, 0.29) is 11.2 Å². The lowest BCUT2D eigenvalue weighted by molar-refractivity contribution is -0.145. The van der Waals surface area contributed by atoms with Crippen LogP contribution in [0.15, 0.2) is 35.3 Å². The van der Waals surface area contributed by atoms with Gasteiger partial charge in [-0.05, 0) is 25.8 Å². The molecule has 0 fully saturated rings. The van der Waals surface area contributed by atoms with Crippen LogP contribution >= 0.6 is 11.8 Å². The summed E-state index contributed by atoms with van der Waals surface area (Å²) in [6.45, 7) is 6.17. The minimum atomic E-state index is -0.804. The van der Waals surface area contributed by atoms with Crippen molar-refractivity contribution in [3.63, 3.8) is 0 Å². The van der Waals surface area contributed by atoms with E-state index in [1.165, 1.54) is 0 Å². The molecule has 0 saturated heterocycles. The normalized spacial score (nSPS) is 26.1. The lowest BCUT2D eigenvalue weighted by atomic mass is 10.1. The fourth-order valence-corrected chi connectivity index (χ4v) is 3.48. The van der Waals surface area contributed by atoms with E-state index >= 15 is 0 Å². The number of esters is 1. The van der Waals surface area contributed by atoms with Crippen LogP contribution in [-0.4, -0.2) is 28.4 Å². The molecule has 0 radical (unpaired) electrons. The van der Waals surface area contributed by atoms with Crippen molar-refractivity contribution < 1.29 is 9.53 Å². The predicted octanol–water partition coefficient (Wildman–Crippen LogP) is 3.28. The number of aliphatic imine (C=N–C) groups is 1. The highest BCUT2D eigenvalue weighted by atomic mass is 32.2. The predicted molar refractivity (Wildman–Crippen MR) is 79.7 cm³/mol. The maximum Gasteiger partial charge on any atom is 0.344 e. The minimum absolute atomic E-state index is 0.246.